The summed E-state index contributed by atoms with van der Waals surface area (Å²) in [6, 6.07) is 14.7. The van der Waals surface area contributed by atoms with E-state index in [9.17, 15) is 36.6 Å². The van der Waals surface area contributed by atoms with Gasteiger partial charge in [-0.25, -0.2) is 23.5 Å². The zero-order chi connectivity index (χ0) is 35.0. The summed E-state index contributed by atoms with van der Waals surface area (Å²) in [5, 5.41) is 13.7. The highest BCUT2D eigenvalue weighted by molar-refractivity contribution is 6.00. The molecule has 5 saturated carbocycles. The third-order valence-corrected chi connectivity index (χ3v) is 12.0. The van der Waals surface area contributed by atoms with Crippen molar-refractivity contribution >= 4 is 22.8 Å². The number of carboxylic acid groups (broad SMARTS) is 1. The van der Waals surface area contributed by atoms with E-state index in [1.807, 2.05) is 47.0 Å². The molecule has 1 amide bonds. The van der Waals surface area contributed by atoms with Gasteiger partial charge in [-0.2, -0.15) is 13.2 Å². The number of nitrogens with zero attached hydrogens (tertiary/aromatic N) is 3. The van der Waals surface area contributed by atoms with Crippen LogP contribution in [0.3, 0.4) is 0 Å². The Hall–Kier alpha value is -4.35. The van der Waals surface area contributed by atoms with Crippen molar-refractivity contribution in [2.24, 2.45) is 23.7 Å². The molecule has 5 aliphatic rings. The van der Waals surface area contributed by atoms with Crippen LogP contribution >= 0.6 is 0 Å². The fourth-order valence-electron chi connectivity index (χ4n) is 9.67. The fraction of sp³-hybridized carbons (Fsp3) is 0.474. The summed E-state index contributed by atoms with van der Waals surface area (Å²) in [6.07, 6.45) is 1.51. The number of rotatable bonds is 6. The van der Waals surface area contributed by atoms with Crippen molar-refractivity contribution < 1.29 is 36.6 Å². The number of aliphatic carboxylic acids is 1. The van der Waals surface area contributed by atoms with Crippen LogP contribution in [-0.4, -0.2) is 43.0 Å². The average Bonchev–Trinajstić information content (AvgIpc) is 3.34. The van der Waals surface area contributed by atoms with Crippen molar-refractivity contribution in [3.63, 3.8) is 0 Å². The summed E-state index contributed by atoms with van der Waals surface area (Å²) < 4.78 is 74.4. The van der Waals surface area contributed by atoms with Crippen LogP contribution in [0, 0.1) is 23.7 Å². The number of hydrogen-bond acceptors (Lipinski definition) is 4. The van der Waals surface area contributed by atoms with Crippen molar-refractivity contribution in [1.29, 1.82) is 0 Å². The van der Waals surface area contributed by atoms with Gasteiger partial charge in [-0.15, -0.1) is 0 Å². The molecule has 5 atom stereocenters. The Morgan fingerprint density at radius 3 is 2.32 bits per heavy atom. The van der Waals surface area contributed by atoms with Crippen molar-refractivity contribution in [3.8, 4) is 22.5 Å². The molecule has 0 radical (unpaired) electrons. The lowest BCUT2D eigenvalue weighted by molar-refractivity contribution is -0.154. The first-order valence-corrected chi connectivity index (χ1v) is 17.4. The third kappa shape index (κ3) is 5.55. The molecule has 2 heterocycles. The van der Waals surface area contributed by atoms with Crippen LogP contribution < -0.4 is 5.32 Å². The summed E-state index contributed by atoms with van der Waals surface area (Å²) >= 11 is 0. The minimum atomic E-state index is -5.06. The summed E-state index contributed by atoms with van der Waals surface area (Å²) in [4.78, 5) is 35.0. The Morgan fingerprint density at radius 1 is 0.880 bits per heavy atom. The van der Waals surface area contributed by atoms with Gasteiger partial charge in [0.1, 0.15) is 5.54 Å². The van der Waals surface area contributed by atoms with E-state index in [2.05, 4.69) is 15.3 Å². The van der Waals surface area contributed by atoms with E-state index in [4.69, 9.17) is 0 Å². The van der Waals surface area contributed by atoms with E-state index in [-0.39, 0.29) is 54.9 Å². The fourth-order valence-corrected chi connectivity index (χ4v) is 9.67. The van der Waals surface area contributed by atoms with Gasteiger partial charge in [0, 0.05) is 47.7 Å². The predicted octanol–water partition coefficient (Wildman–Crippen LogP) is 8.93. The Morgan fingerprint density at radius 2 is 1.60 bits per heavy atom. The smallest absolute Gasteiger partial charge is 0.434 e. The molecule has 2 N–H and O–H groups in total. The highest BCUT2D eigenvalue weighted by Crippen LogP contribution is 2.56. The van der Waals surface area contributed by atoms with Gasteiger partial charge < -0.3 is 15.0 Å². The van der Waals surface area contributed by atoms with Gasteiger partial charge in [0.05, 0.1) is 5.56 Å². The number of halogens is 5. The van der Waals surface area contributed by atoms with Gasteiger partial charge in [0.2, 0.25) is 5.92 Å². The molecule has 0 spiro atoms. The highest BCUT2D eigenvalue weighted by Gasteiger charge is 2.60. The molecular weight excluding hydrogens is 655 g/mol. The number of benzene rings is 2. The Kier molecular flexibility index (Phi) is 7.80. The molecule has 50 heavy (non-hydrogen) atoms. The van der Waals surface area contributed by atoms with Crippen LogP contribution in [0.4, 0.5) is 22.0 Å². The van der Waals surface area contributed by atoms with Crippen LogP contribution in [0.25, 0.3) is 33.4 Å². The number of alkyl halides is 5. The minimum Gasteiger partial charge on any atom is -0.479 e. The SMILES string of the molecule is O=C(NC1(C(=O)O)C2CCC3CC(C2)CC1C3)c1cnc(-c2cn(C3CCC(F)(F)CC3)c3cc(-c4ccccc4)ccc23)nc1C(F)(F)F. The van der Waals surface area contributed by atoms with Crippen molar-refractivity contribution in [2.75, 3.05) is 0 Å². The van der Waals surface area contributed by atoms with Crippen molar-refractivity contribution in [2.45, 2.75) is 87.9 Å². The maximum absolute atomic E-state index is 14.8. The van der Waals surface area contributed by atoms with E-state index in [1.54, 1.807) is 12.3 Å². The van der Waals surface area contributed by atoms with Crippen LogP contribution in [0.15, 0.2) is 60.9 Å². The molecule has 7 nitrogen and oxygen atoms in total. The van der Waals surface area contributed by atoms with E-state index < -0.39 is 40.8 Å². The predicted molar refractivity (Wildman–Crippen MR) is 175 cm³/mol. The molecule has 5 aliphatic carbocycles. The van der Waals surface area contributed by atoms with Gasteiger partial charge in [-0.1, -0.05) is 48.9 Å². The van der Waals surface area contributed by atoms with Gasteiger partial charge >= 0.3 is 12.1 Å². The Labute approximate surface area is 285 Å². The van der Waals surface area contributed by atoms with E-state index in [0.717, 1.165) is 30.2 Å². The second kappa shape index (κ2) is 11.9. The zero-order valence-corrected chi connectivity index (χ0v) is 27.2. The van der Waals surface area contributed by atoms with Crippen LogP contribution in [0.1, 0.15) is 86.3 Å². The molecule has 9 rings (SSSR count). The van der Waals surface area contributed by atoms with Crippen LogP contribution in [-0.2, 0) is 11.0 Å². The van der Waals surface area contributed by atoms with E-state index >= 15 is 0 Å². The van der Waals surface area contributed by atoms with Gasteiger partial charge in [0.15, 0.2) is 11.5 Å². The molecule has 5 unspecified atom stereocenters. The monoisotopic (exact) mass is 692 g/mol. The topological polar surface area (TPSA) is 97.1 Å². The van der Waals surface area contributed by atoms with Crippen LogP contribution in [0.2, 0.25) is 0 Å². The maximum atomic E-state index is 14.8. The molecular formula is C38H37F5N4O3. The molecule has 4 bridgehead atoms. The summed E-state index contributed by atoms with van der Waals surface area (Å²) in [5.41, 5.74) is -1.27. The second-order valence-electron chi connectivity index (χ2n) is 14.9. The van der Waals surface area contributed by atoms with Crippen molar-refractivity contribution in [3.05, 3.63) is 72.2 Å². The largest absolute Gasteiger partial charge is 0.479 e. The van der Waals surface area contributed by atoms with E-state index in [1.165, 1.54) is 0 Å². The number of aromatic nitrogens is 3. The van der Waals surface area contributed by atoms with E-state index in [0.29, 0.717) is 48.4 Å². The number of carbonyl (C=O) groups excluding carboxylic acids is 1. The quantitative estimate of drug-likeness (QED) is 0.197. The number of amides is 1. The molecule has 4 aromatic rings. The Balaban J connectivity index is 1.20. The van der Waals surface area contributed by atoms with Crippen molar-refractivity contribution in [1.82, 2.24) is 19.9 Å². The number of carboxylic acids is 1. The van der Waals surface area contributed by atoms with Crippen LogP contribution in [0.5, 0.6) is 0 Å². The standard InChI is InChI=1S/C38H37F5N4O3/c39-36(40)12-10-27(11-13-36)47-20-30(28-9-7-24(18-31(28)47)23-4-2-1-3-5-23)33-44-19-29(32(45-33)38(41,42)43)34(48)46-37(35(49)50)25-8-6-21-14-22(16-25)17-26(37)15-21/h1-5,7,9,18-22,25-27H,6,8,10-17H2,(H,46,48)(H,49,50). The average molecular weight is 693 g/mol. The number of hydrogen-bond donors (Lipinski definition) is 2. The molecule has 0 aliphatic heterocycles. The molecule has 0 saturated heterocycles. The second-order valence-corrected chi connectivity index (χ2v) is 14.9. The van der Waals surface area contributed by atoms with Gasteiger partial charge in [-0.05, 0) is 85.8 Å². The first-order valence-electron chi connectivity index (χ1n) is 17.4. The number of carbonyl (C=O) groups is 2. The maximum Gasteiger partial charge on any atom is 0.434 e. The highest BCUT2D eigenvalue weighted by atomic mass is 19.4. The first-order chi connectivity index (χ1) is 23.8. The number of fused-ring (bicyclic) bond motifs is 2. The lowest BCUT2D eigenvalue weighted by Crippen LogP contribution is -2.66. The third-order valence-electron chi connectivity index (χ3n) is 12.0. The molecule has 12 heteroatoms. The molecule has 5 fully saturated rings. The lowest BCUT2D eigenvalue weighted by Gasteiger charge is -2.50. The molecule has 2 aromatic carbocycles. The van der Waals surface area contributed by atoms with Gasteiger partial charge in [0.25, 0.3) is 5.91 Å². The normalized spacial score (nSPS) is 27.7. The molecule has 2 aromatic heterocycles. The molecule has 262 valence electrons. The lowest BCUT2D eigenvalue weighted by atomic mass is 9.58. The Bertz CT molecular complexity index is 1960. The summed E-state index contributed by atoms with van der Waals surface area (Å²) in [7, 11) is 0. The number of nitrogens with one attached hydrogen (secondary N) is 1. The minimum absolute atomic E-state index is 0.189. The zero-order valence-electron chi connectivity index (χ0n) is 27.2. The van der Waals surface area contributed by atoms with Gasteiger partial charge in [-0.3, -0.25) is 4.79 Å². The first kappa shape index (κ1) is 32.8. The summed E-state index contributed by atoms with van der Waals surface area (Å²) in [6.45, 7) is 0. The summed E-state index contributed by atoms with van der Waals surface area (Å²) in [5.74, 6) is -5.44.